The van der Waals surface area contributed by atoms with Crippen molar-refractivity contribution in [2.45, 2.75) is 26.2 Å². The minimum Gasteiger partial charge on any atom is -0.242 e. The van der Waals surface area contributed by atoms with Crippen molar-refractivity contribution in [2.24, 2.45) is 0 Å². The smallest absolute Gasteiger partial charge is 0.242 e. The van der Waals surface area contributed by atoms with Gasteiger partial charge in [0.1, 0.15) is 0 Å². The molecule has 0 heterocycles. The van der Waals surface area contributed by atoms with E-state index in [1.807, 2.05) is 13.0 Å². The molecular weight excluding hydrogens is 115 g/mol. The largest absolute Gasteiger partial charge is 1.00 e. The summed E-state index contributed by atoms with van der Waals surface area (Å²) < 4.78 is 0. The van der Waals surface area contributed by atoms with Crippen molar-refractivity contribution < 1.29 is 18.9 Å². The summed E-state index contributed by atoms with van der Waals surface area (Å²) in [4.78, 5) is 0. The number of unbranched alkanes of at least 4 members (excludes halogenated alkanes) is 2. The topological polar surface area (TPSA) is 0 Å². The summed E-state index contributed by atoms with van der Waals surface area (Å²) in [6.45, 7) is 9.43. The number of allylic oxidation sites excluding steroid dienone is 3. The minimum atomic E-state index is 0. The van der Waals surface area contributed by atoms with Crippen molar-refractivity contribution >= 4 is 0 Å². The van der Waals surface area contributed by atoms with Gasteiger partial charge in [0.2, 0.25) is 0 Å². The van der Waals surface area contributed by atoms with E-state index in [0.29, 0.717) is 0 Å². The second-order valence-electron chi connectivity index (χ2n) is 2.27. The molecule has 0 N–H and O–H groups in total. The van der Waals surface area contributed by atoms with E-state index in [1.165, 1.54) is 12.0 Å². The quantitative estimate of drug-likeness (QED) is 0.219. The molecule has 0 fully saturated rings. The van der Waals surface area contributed by atoms with Crippen LogP contribution in [0.3, 0.4) is 0 Å². The van der Waals surface area contributed by atoms with Gasteiger partial charge in [0.05, 0.1) is 0 Å². The molecule has 0 aliphatic heterocycles. The van der Waals surface area contributed by atoms with Gasteiger partial charge < -0.3 is 0 Å². The summed E-state index contributed by atoms with van der Waals surface area (Å²) >= 11 is 0. The predicted octanol–water partition coefficient (Wildman–Crippen LogP) is 0.127. The van der Waals surface area contributed by atoms with E-state index in [4.69, 9.17) is 0 Å². The summed E-state index contributed by atoms with van der Waals surface area (Å²) in [5.41, 5.74) is 1.17. The summed E-state index contributed by atoms with van der Waals surface area (Å²) in [5, 5.41) is 0. The van der Waals surface area contributed by atoms with Crippen LogP contribution < -0.4 is 18.9 Å². The Bertz CT molecular complexity index is 99.3. The van der Waals surface area contributed by atoms with Gasteiger partial charge in [-0.1, -0.05) is 19.4 Å². The number of hydrogen-bond acceptors (Lipinski definition) is 0. The van der Waals surface area contributed by atoms with Gasteiger partial charge in [-0.15, -0.1) is 13.0 Å². The van der Waals surface area contributed by atoms with E-state index in [0.717, 1.165) is 12.8 Å². The molecule has 52 valence electrons. The normalized spacial score (nSPS) is 10.3. The van der Waals surface area contributed by atoms with Gasteiger partial charge in [-0.2, -0.15) is 0 Å². The zero-order valence-electron chi connectivity index (χ0n) is 7.19. The molecule has 0 atom stereocenters. The van der Waals surface area contributed by atoms with E-state index in [1.54, 1.807) is 0 Å². The van der Waals surface area contributed by atoms with E-state index >= 15 is 0 Å². The maximum atomic E-state index is 3.77. The first-order valence-corrected chi connectivity index (χ1v) is 3.37. The molecule has 0 aliphatic carbocycles. The molecular formula is C9H15Li. The average Bonchev–Trinajstić information content (AvgIpc) is 1.80. The minimum absolute atomic E-state index is 0. The Morgan fingerprint density at radius 1 is 1.50 bits per heavy atom. The van der Waals surface area contributed by atoms with Crippen LogP contribution in [0.25, 0.3) is 0 Å². The molecule has 0 amide bonds. The summed E-state index contributed by atoms with van der Waals surface area (Å²) in [6.07, 6.45) is 7.57. The molecule has 0 nitrogen and oxygen atoms in total. The van der Waals surface area contributed by atoms with Gasteiger partial charge in [0.25, 0.3) is 0 Å². The van der Waals surface area contributed by atoms with Crippen LogP contribution in [0.5, 0.6) is 0 Å². The molecule has 0 saturated heterocycles. The van der Waals surface area contributed by atoms with Crippen LogP contribution in [-0.4, -0.2) is 0 Å². The Balaban J connectivity index is 0. The van der Waals surface area contributed by atoms with Crippen molar-refractivity contribution in [1.29, 1.82) is 0 Å². The number of hydrogen-bond donors (Lipinski definition) is 0. The zero-order chi connectivity index (χ0) is 7.11. The molecule has 1 heteroatoms. The first-order valence-electron chi connectivity index (χ1n) is 3.37. The third-order valence-electron chi connectivity index (χ3n) is 1.11. The fraction of sp³-hybridized carbons (Fsp3) is 0.444. The second-order valence-corrected chi connectivity index (χ2v) is 2.27. The van der Waals surface area contributed by atoms with E-state index < -0.39 is 0 Å². The van der Waals surface area contributed by atoms with Crippen molar-refractivity contribution in [3.63, 3.8) is 0 Å². The molecule has 0 unspecified atom stereocenters. The summed E-state index contributed by atoms with van der Waals surface area (Å²) in [6, 6.07) is 0. The molecule has 0 saturated carbocycles. The number of rotatable bonds is 4. The standard InChI is InChI=1S/C9H15.Li/c1-4-5-6-7-8-9(2)3;/h4,8H,1-2,5-7H2,3H3;/q-1;+1/b9-8-;. The van der Waals surface area contributed by atoms with Crippen molar-refractivity contribution in [2.75, 3.05) is 0 Å². The van der Waals surface area contributed by atoms with Crippen LogP contribution in [0, 0.1) is 6.92 Å². The summed E-state index contributed by atoms with van der Waals surface area (Å²) in [5.74, 6) is 0. The second kappa shape index (κ2) is 8.95. The fourth-order valence-corrected chi connectivity index (χ4v) is 0.611. The Hall–Kier alpha value is -0.0526. The van der Waals surface area contributed by atoms with Crippen LogP contribution in [0.1, 0.15) is 26.2 Å². The van der Waals surface area contributed by atoms with Gasteiger partial charge >= 0.3 is 18.9 Å². The van der Waals surface area contributed by atoms with Gasteiger partial charge in [0, 0.05) is 0 Å². The molecule has 10 heavy (non-hydrogen) atoms. The molecule has 0 aromatic rings. The Morgan fingerprint density at radius 3 is 2.50 bits per heavy atom. The first-order chi connectivity index (χ1) is 4.27. The molecule has 0 aromatic carbocycles. The van der Waals surface area contributed by atoms with Crippen LogP contribution >= 0.6 is 0 Å². The third-order valence-corrected chi connectivity index (χ3v) is 1.11. The molecule has 0 radical (unpaired) electrons. The molecule has 0 spiro atoms. The van der Waals surface area contributed by atoms with E-state index in [2.05, 4.69) is 19.6 Å². The monoisotopic (exact) mass is 130 g/mol. The van der Waals surface area contributed by atoms with Crippen LogP contribution in [0.4, 0.5) is 0 Å². The Kier molecular flexibility index (Phi) is 11.3. The average molecular weight is 130 g/mol. The third kappa shape index (κ3) is 10.8. The van der Waals surface area contributed by atoms with Gasteiger partial charge in [-0.25, -0.2) is 18.6 Å². The van der Waals surface area contributed by atoms with Crippen LogP contribution in [-0.2, 0) is 0 Å². The fourth-order valence-electron chi connectivity index (χ4n) is 0.611. The van der Waals surface area contributed by atoms with Crippen molar-refractivity contribution in [1.82, 2.24) is 0 Å². The predicted molar refractivity (Wildman–Crippen MR) is 43.2 cm³/mol. The van der Waals surface area contributed by atoms with E-state index in [9.17, 15) is 0 Å². The maximum Gasteiger partial charge on any atom is 1.00 e. The van der Waals surface area contributed by atoms with Crippen LogP contribution in [0.15, 0.2) is 24.3 Å². The molecule has 0 rings (SSSR count). The summed E-state index contributed by atoms with van der Waals surface area (Å²) in [7, 11) is 0. The Labute approximate surface area is 76.6 Å². The SMILES string of the molecule is C=CCCC/C=C(/[CH2-])C.[Li+]. The van der Waals surface area contributed by atoms with Gasteiger partial charge in [0.15, 0.2) is 0 Å². The van der Waals surface area contributed by atoms with Gasteiger partial charge in [-0.05, 0) is 6.42 Å². The Morgan fingerprint density at radius 2 is 2.10 bits per heavy atom. The first kappa shape index (κ1) is 12.6. The zero-order valence-corrected chi connectivity index (χ0v) is 7.19. The van der Waals surface area contributed by atoms with Crippen molar-refractivity contribution in [3.8, 4) is 0 Å². The molecule has 0 aliphatic rings. The van der Waals surface area contributed by atoms with Crippen molar-refractivity contribution in [3.05, 3.63) is 31.2 Å². The van der Waals surface area contributed by atoms with E-state index in [-0.39, 0.29) is 18.9 Å². The maximum absolute atomic E-state index is 3.77. The molecule has 0 aromatic heterocycles. The van der Waals surface area contributed by atoms with Crippen LogP contribution in [0.2, 0.25) is 0 Å². The molecule has 0 bridgehead atoms. The van der Waals surface area contributed by atoms with Gasteiger partial charge in [-0.3, -0.25) is 0 Å².